The Morgan fingerprint density at radius 3 is 3.04 bits per heavy atom. The second-order valence-electron chi connectivity index (χ2n) is 6.82. The number of nitrogens with zero attached hydrogens (tertiary/aromatic N) is 3. The van der Waals surface area contributed by atoms with E-state index < -0.39 is 0 Å². The van der Waals surface area contributed by atoms with E-state index in [1.54, 1.807) is 0 Å². The van der Waals surface area contributed by atoms with E-state index in [2.05, 4.69) is 69.0 Å². The van der Waals surface area contributed by atoms with Crippen molar-refractivity contribution in [1.82, 2.24) is 19.9 Å². The van der Waals surface area contributed by atoms with Gasteiger partial charge in [0.15, 0.2) is 0 Å². The molecule has 0 unspecified atom stereocenters. The van der Waals surface area contributed by atoms with Gasteiger partial charge in [-0.05, 0) is 29.7 Å². The number of aromatic amines is 1. The van der Waals surface area contributed by atoms with Crippen LogP contribution in [0.4, 0.5) is 0 Å². The normalized spacial score (nSPS) is 15.2. The summed E-state index contributed by atoms with van der Waals surface area (Å²) in [4.78, 5) is 15.2. The summed E-state index contributed by atoms with van der Waals surface area (Å²) in [5.74, 6) is 1.32. The number of fused-ring (bicyclic) bond motifs is 2. The topological polar surface area (TPSA) is 44.8 Å². The Morgan fingerprint density at radius 2 is 2.21 bits per heavy atom. The Kier molecular flexibility index (Phi) is 4.14. The van der Waals surface area contributed by atoms with Gasteiger partial charge in [0, 0.05) is 53.3 Å². The van der Waals surface area contributed by atoms with E-state index in [9.17, 15) is 0 Å². The highest BCUT2D eigenvalue weighted by Crippen LogP contribution is 2.25. The fraction of sp³-hybridized carbons (Fsp3) is 0.368. The van der Waals surface area contributed by atoms with Gasteiger partial charge in [0.25, 0.3) is 0 Å². The zero-order chi connectivity index (χ0) is 16.7. The van der Waals surface area contributed by atoms with Crippen LogP contribution >= 0.6 is 15.9 Å². The summed E-state index contributed by atoms with van der Waals surface area (Å²) in [5, 5.41) is 1.30. The lowest BCUT2D eigenvalue weighted by atomic mass is 10.0. The maximum atomic E-state index is 4.80. The minimum absolute atomic E-state index is 0.373. The van der Waals surface area contributed by atoms with Gasteiger partial charge in [0.2, 0.25) is 0 Å². The van der Waals surface area contributed by atoms with Crippen LogP contribution in [0.25, 0.3) is 10.9 Å². The molecule has 3 heterocycles. The average molecular weight is 385 g/mol. The van der Waals surface area contributed by atoms with E-state index in [4.69, 9.17) is 4.98 Å². The fourth-order valence-electron chi connectivity index (χ4n) is 3.32. The standard InChI is InChI=1S/C19H21BrN4/c1-12(2)19-22-8-13-5-6-24(11-18(13)23-19)10-14-9-21-17-7-15(20)3-4-16(14)17/h3-4,7-9,12,21H,5-6,10-11H2,1-2H3. The van der Waals surface area contributed by atoms with E-state index in [0.717, 1.165) is 36.4 Å². The van der Waals surface area contributed by atoms with Crippen molar-refractivity contribution in [3.8, 4) is 0 Å². The van der Waals surface area contributed by atoms with Crippen LogP contribution in [-0.4, -0.2) is 26.4 Å². The monoisotopic (exact) mass is 384 g/mol. The van der Waals surface area contributed by atoms with Crippen LogP contribution < -0.4 is 0 Å². The molecule has 3 aromatic rings. The Balaban J connectivity index is 1.57. The fourth-order valence-corrected chi connectivity index (χ4v) is 3.68. The summed E-state index contributed by atoms with van der Waals surface area (Å²) < 4.78 is 1.10. The minimum atomic E-state index is 0.373. The van der Waals surface area contributed by atoms with Gasteiger partial charge in [-0.25, -0.2) is 9.97 Å². The van der Waals surface area contributed by atoms with Crippen molar-refractivity contribution in [2.75, 3.05) is 6.54 Å². The molecule has 0 saturated heterocycles. The maximum absolute atomic E-state index is 4.80. The second kappa shape index (κ2) is 6.30. The van der Waals surface area contributed by atoms with Crippen molar-refractivity contribution in [2.45, 2.75) is 39.3 Å². The van der Waals surface area contributed by atoms with Crippen LogP contribution in [0, 0.1) is 0 Å². The predicted molar refractivity (Wildman–Crippen MR) is 99.9 cm³/mol. The summed E-state index contributed by atoms with van der Waals surface area (Å²) in [6.45, 7) is 7.20. The van der Waals surface area contributed by atoms with Gasteiger partial charge in [-0.2, -0.15) is 0 Å². The maximum Gasteiger partial charge on any atom is 0.131 e. The quantitative estimate of drug-likeness (QED) is 0.727. The first-order valence-corrected chi connectivity index (χ1v) is 9.22. The number of halogens is 1. The highest BCUT2D eigenvalue weighted by molar-refractivity contribution is 9.10. The van der Waals surface area contributed by atoms with Gasteiger partial charge in [0.1, 0.15) is 5.82 Å². The number of hydrogen-bond acceptors (Lipinski definition) is 3. The van der Waals surface area contributed by atoms with Crippen molar-refractivity contribution in [2.24, 2.45) is 0 Å². The van der Waals surface area contributed by atoms with Gasteiger partial charge in [-0.1, -0.05) is 35.8 Å². The molecule has 0 spiro atoms. The molecule has 2 aromatic heterocycles. The number of rotatable bonds is 3. The molecule has 1 aliphatic rings. The van der Waals surface area contributed by atoms with Crippen molar-refractivity contribution in [3.63, 3.8) is 0 Å². The first kappa shape index (κ1) is 15.8. The summed E-state index contributed by atoms with van der Waals surface area (Å²) in [7, 11) is 0. The van der Waals surface area contributed by atoms with Crippen molar-refractivity contribution >= 4 is 26.8 Å². The molecule has 4 nitrogen and oxygen atoms in total. The number of hydrogen-bond donors (Lipinski definition) is 1. The van der Waals surface area contributed by atoms with Gasteiger partial charge in [-0.3, -0.25) is 4.90 Å². The minimum Gasteiger partial charge on any atom is -0.361 e. The lowest BCUT2D eigenvalue weighted by molar-refractivity contribution is 0.241. The van der Waals surface area contributed by atoms with Gasteiger partial charge < -0.3 is 4.98 Å². The predicted octanol–water partition coefficient (Wildman–Crippen LogP) is 4.40. The van der Waals surface area contributed by atoms with E-state index in [1.165, 1.54) is 27.7 Å². The van der Waals surface area contributed by atoms with Crippen molar-refractivity contribution in [1.29, 1.82) is 0 Å². The molecule has 0 bridgehead atoms. The molecule has 1 N–H and O–H groups in total. The molecule has 0 radical (unpaired) electrons. The molecule has 4 rings (SSSR count). The molecule has 0 aliphatic carbocycles. The third-order valence-corrected chi connectivity index (χ3v) is 5.18. The lowest BCUT2D eigenvalue weighted by Crippen LogP contribution is -2.31. The largest absolute Gasteiger partial charge is 0.361 e. The molecule has 1 aliphatic heterocycles. The molecule has 0 atom stereocenters. The van der Waals surface area contributed by atoms with Gasteiger partial charge >= 0.3 is 0 Å². The second-order valence-corrected chi connectivity index (χ2v) is 7.73. The van der Waals surface area contributed by atoms with Crippen LogP contribution in [0.1, 0.15) is 42.4 Å². The Morgan fingerprint density at radius 1 is 1.33 bits per heavy atom. The first-order valence-electron chi connectivity index (χ1n) is 8.42. The number of aromatic nitrogens is 3. The molecule has 24 heavy (non-hydrogen) atoms. The van der Waals surface area contributed by atoms with E-state index >= 15 is 0 Å². The number of benzene rings is 1. The average Bonchev–Trinajstić information content (AvgIpc) is 2.96. The smallest absolute Gasteiger partial charge is 0.131 e. The molecule has 0 amide bonds. The summed E-state index contributed by atoms with van der Waals surface area (Å²) in [6, 6.07) is 6.42. The van der Waals surface area contributed by atoms with Crippen LogP contribution in [-0.2, 0) is 19.5 Å². The van der Waals surface area contributed by atoms with E-state index in [0.29, 0.717) is 5.92 Å². The van der Waals surface area contributed by atoms with E-state index in [-0.39, 0.29) is 0 Å². The van der Waals surface area contributed by atoms with Crippen LogP contribution in [0.15, 0.2) is 35.1 Å². The summed E-state index contributed by atoms with van der Waals surface area (Å²) in [5.41, 5.74) is 5.03. The molecule has 0 fully saturated rings. The number of nitrogens with one attached hydrogen (secondary N) is 1. The zero-order valence-electron chi connectivity index (χ0n) is 14.0. The Labute approximate surface area is 150 Å². The summed E-state index contributed by atoms with van der Waals surface area (Å²) in [6.07, 6.45) is 5.19. The highest BCUT2D eigenvalue weighted by atomic mass is 79.9. The lowest BCUT2D eigenvalue weighted by Gasteiger charge is -2.28. The van der Waals surface area contributed by atoms with Crippen LogP contribution in [0.5, 0.6) is 0 Å². The third kappa shape index (κ3) is 2.98. The number of H-pyrrole nitrogens is 1. The Hall–Kier alpha value is -1.72. The molecule has 5 heteroatoms. The van der Waals surface area contributed by atoms with Gasteiger partial charge in [0.05, 0.1) is 5.69 Å². The molecule has 124 valence electrons. The summed E-state index contributed by atoms with van der Waals surface area (Å²) >= 11 is 3.53. The zero-order valence-corrected chi connectivity index (χ0v) is 15.6. The molecular formula is C19H21BrN4. The molecule has 1 aromatic carbocycles. The van der Waals surface area contributed by atoms with Crippen molar-refractivity contribution < 1.29 is 0 Å². The first-order chi connectivity index (χ1) is 11.6. The molecular weight excluding hydrogens is 364 g/mol. The molecule has 0 saturated carbocycles. The van der Waals surface area contributed by atoms with Crippen LogP contribution in [0.3, 0.4) is 0 Å². The highest BCUT2D eigenvalue weighted by Gasteiger charge is 2.20. The Bertz CT molecular complexity index is 884. The van der Waals surface area contributed by atoms with Crippen LogP contribution in [0.2, 0.25) is 0 Å². The third-order valence-electron chi connectivity index (χ3n) is 4.68. The van der Waals surface area contributed by atoms with Crippen molar-refractivity contribution in [3.05, 3.63) is 57.7 Å². The van der Waals surface area contributed by atoms with Gasteiger partial charge in [-0.15, -0.1) is 0 Å². The van der Waals surface area contributed by atoms with E-state index in [1.807, 2.05) is 6.20 Å². The SMILES string of the molecule is CC(C)c1ncc2c(n1)CN(Cc1c[nH]c3cc(Br)ccc13)CC2.